The smallest absolute Gasteiger partial charge is 0.119 e. The molecule has 0 unspecified atom stereocenters. The van der Waals surface area contributed by atoms with E-state index in [-0.39, 0.29) is 0 Å². The van der Waals surface area contributed by atoms with Gasteiger partial charge in [0.25, 0.3) is 0 Å². The molecule has 0 aliphatic heterocycles. The van der Waals surface area contributed by atoms with Gasteiger partial charge in [-0.05, 0) is 12.8 Å². The van der Waals surface area contributed by atoms with Gasteiger partial charge in [0.2, 0.25) is 0 Å². The lowest BCUT2D eigenvalue weighted by Crippen LogP contribution is -2.00. The highest BCUT2D eigenvalue weighted by atomic mass is 16.6. The summed E-state index contributed by atoms with van der Waals surface area (Å²) in [5, 5.41) is 0. The van der Waals surface area contributed by atoms with Crippen molar-refractivity contribution in [2.45, 2.75) is 25.7 Å². The van der Waals surface area contributed by atoms with Crippen LogP contribution in [-0.2, 0) is 9.63 Å². The fourth-order valence-corrected chi connectivity index (χ4v) is 0.590. The van der Waals surface area contributed by atoms with E-state index in [1.165, 1.54) is 0 Å². The van der Waals surface area contributed by atoms with E-state index in [0.717, 1.165) is 25.5 Å². The predicted molar refractivity (Wildman–Crippen MR) is 34.7 cm³/mol. The fraction of sp³-hybridized carbons (Fsp3) is 0.833. The van der Waals surface area contributed by atoms with Gasteiger partial charge in [-0.1, -0.05) is 6.42 Å². The van der Waals surface area contributed by atoms with Crippen molar-refractivity contribution in [3.8, 4) is 0 Å². The summed E-state index contributed by atoms with van der Waals surface area (Å²) in [5.41, 5.74) is 0. The van der Waals surface area contributed by atoms with E-state index < -0.39 is 0 Å². The molecule has 0 spiro atoms. The maximum absolute atomic E-state index is 9.78. The second-order valence-corrected chi connectivity index (χ2v) is 1.89. The van der Waals surface area contributed by atoms with Gasteiger partial charge in [-0.2, -0.15) is 0 Å². The van der Waals surface area contributed by atoms with Gasteiger partial charge in [0, 0.05) is 6.42 Å². The number of nitrogens with two attached hydrogens (primary N) is 1. The van der Waals surface area contributed by atoms with E-state index in [0.29, 0.717) is 13.0 Å². The highest BCUT2D eigenvalue weighted by molar-refractivity contribution is 5.48. The number of hydrogen-bond acceptors (Lipinski definition) is 3. The molecular weight excluding hydrogens is 118 g/mol. The topological polar surface area (TPSA) is 52.3 Å². The van der Waals surface area contributed by atoms with E-state index in [1.54, 1.807) is 0 Å². The first-order chi connectivity index (χ1) is 4.41. The van der Waals surface area contributed by atoms with Crippen molar-refractivity contribution in [1.82, 2.24) is 0 Å². The number of carbonyl (C=O) groups is 1. The fourth-order valence-electron chi connectivity index (χ4n) is 0.590. The Hall–Kier alpha value is -0.410. The minimum atomic E-state index is 0.596. The first-order valence-corrected chi connectivity index (χ1v) is 3.17. The third-order valence-electron chi connectivity index (χ3n) is 1.08. The van der Waals surface area contributed by atoms with Crippen LogP contribution in [0.5, 0.6) is 0 Å². The highest BCUT2D eigenvalue weighted by Gasteiger charge is 1.86. The molecule has 0 aliphatic rings. The van der Waals surface area contributed by atoms with Gasteiger partial charge in [-0.15, -0.1) is 0 Å². The molecule has 0 bridgehead atoms. The van der Waals surface area contributed by atoms with Crippen molar-refractivity contribution in [3.05, 3.63) is 0 Å². The Morgan fingerprint density at radius 3 is 2.67 bits per heavy atom. The van der Waals surface area contributed by atoms with Crippen LogP contribution >= 0.6 is 0 Å². The van der Waals surface area contributed by atoms with Crippen LogP contribution in [0.25, 0.3) is 0 Å². The Labute approximate surface area is 55.1 Å². The van der Waals surface area contributed by atoms with Crippen LogP contribution in [0.3, 0.4) is 0 Å². The summed E-state index contributed by atoms with van der Waals surface area (Å²) < 4.78 is 0. The van der Waals surface area contributed by atoms with E-state index in [2.05, 4.69) is 4.84 Å². The van der Waals surface area contributed by atoms with Gasteiger partial charge in [0.1, 0.15) is 6.29 Å². The first kappa shape index (κ1) is 8.59. The maximum Gasteiger partial charge on any atom is 0.119 e. The summed E-state index contributed by atoms with van der Waals surface area (Å²) in [6.07, 6.45) is 4.51. The molecule has 0 amide bonds. The molecule has 0 aromatic carbocycles. The summed E-state index contributed by atoms with van der Waals surface area (Å²) in [6.45, 7) is 0.596. The number of carbonyl (C=O) groups excluding carboxylic acids is 1. The lowest BCUT2D eigenvalue weighted by Gasteiger charge is -1.94. The summed E-state index contributed by atoms with van der Waals surface area (Å²) >= 11 is 0. The van der Waals surface area contributed by atoms with Crippen LogP contribution in [-0.4, -0.2) is 12.9 Å². The molecule has 0 fully saturated rings. The summed E-state index contributed by atoms with van der Waals surface area (Å²) in [6, 6.07) is 0. The van der Waals surface area contributed by atoms with Gasteiger partial charge in [-0.25, -0.2) is 5.90 Å². The molecule has 0 radical (unpaired) electrons. The molecule has 0 aliphatic carbocycles. The SMILES string of the molecule is NOCCCCCC=O. The van der Waals surface area contributed by atoms with E-state index in [9.17, 15) is 4.79 Å². The quantitative estimate of drug-likeness (QED) is 0.327. The van der Waals surface area contributed by atoms with Gasteiger partial charge < -0.3 is 9.63 Å². The van der Waals surface area contributed by atoms with Gasteiger partial charge in [-0.3, -0.25) is 0 Å². The molecule has 0 rings (SSSR count). The lowest BCUT2D eigenvalue weighted by atomic mass is 10.2. The first-order valence-electron chi connectivity index (χ1n) is 3.17. The number of rotatable bonds is 6. The molecule has 9 heavy (non-hydrogen) atoms. The van der Waals surface area contributed by atoms with Crippen molar-refractivity contribution >= 4 is 6.29 Å². The van der Waals surface area contributed by atoms with Crippen LogP contribution in [0.15, 0.2) is 0 Å². The molecular formula is C6H13NO2. The Balaban J connectivity index is 2.66. The van der Waals surface area contributed by atoms with Gasteiger partial charge >= 0.3 is 0 Å². The van der Waals surface area contributed by atoms with Crippen LogP contribution in [0, 0.1) is 0 Å². The standard InChI is InChI=1S/C6H13NO2/c7-9-6-4-2-1-3-5-8/h5H,1-4,6-7H2. The number of aldehydes is 1. The van der Waals surface area contributed by atoms with Crippen molar-refractivity contribution in [3.63, 3.8) is 0 Å². The average Bonchev–Trinajstić information content (AvgIpc) is 1.89. The normalized spacial score (nSPS) is 9.44. The van der Waals surface area contributed by atoms with Crippen molar-refractivity contribution in [2.75, 3.05) is 6.61 Å². The number of unbranched alkanes of at least 4 members (excludes halogenated alkanes) is 3. The molecule has 3 heteroatoms. The Kier molecular flexibility index (Phi) is 7.24. The summed E-state index contributed by atoms with van der Waals surface area (Å²) in [7, 11) is 0. The second kappa shape index (κ2) is 7.59. The van der Waals surface area contributed by atoms with Crippen LogP contribution in [0.2, 0.25) is 0 Å². The van der Waals surface area contributed by atoms with E-state index in [4.69, 9.17) is 5.90 Å². The zero-order chi connectivity index (χ0) is 6.95. The molecule has 0 atom stereocenters. The monoisotopic (exact) mass is 131 g/mol. The Morgan fingerprint density at radius 2 is 2.11 bits per heavy atom. The van der Waals surface area contributed by atoms with E-state index >= 15 is 0 Å². The molecule has 0 saturated carbocycles. The number of hydrogen-bond donors (Lipinski definition) is 1. The average molecular weight is 131 g/mol. The molecule has 0 aromatic heterocycles. The molecule has 0 aromatic rings. The molecule has 0 saturated heterocycles. The Bertz CT molecular complexity index is 66.1. The summed E-state index contributed by atoms with van der Waals surface area (Å²) in [4.78, 5) is 14.1. The van der Waals surface area contributed by atoms with Crippen LogP contribution in [0.4, 0.5) is 0 Å². The van der Waals surface area contributed by atoms with Gasteiger partial charge in [0.15, 0.2) is 0 Å². The zero-order valence-electron chi connectivity index (χ0n) is 5.51. The molecule has 0 heterocycles. The molecule has 54 valence electrons. The van der Waals surface area contributed by atoms with Crippen molar-refractivity contribution < 1.29 is 9.63 Å². The van der Waals surface area contributed by atoms with Gasteiger partial charge in [0.05, 0.1) is 6.61 Å². The third kappa shape index (κ3) is 7.59. The minimum absolute atomic E-state index is 0.596. The molecule has 2 N–H and O–H groups in total. The minimum Gasteiger partial charge on any atom is -0.305 e. The van der Waals surface area contributed by atoms with Crippen molar-refractivity contribution in [2.24, 2.45) is 5.90 Å². The largest absolute Gasteiger partial charge is 0.305 e. The zero-order valence-corrected chi connectivity index (χ0v) is 5.51. The predicted octanol–water partition coefficient (Wildman–Crippen LogP) is 0.636. The summed E-state index contributed by atoms with van der Waals surface area (Å²) in [5.74, 6) is 4.77. The Morgan fingerprint density at radius 1 is 1.33 bits per heavy atom. The van der Waals surface area contributed by atoms with Crippen molar-refractivity contribution in [1.29, 1.82) is 0 Å². The lowest BCUT2D eigenvalue weighted by molar-refractivity contribution is -0.107. The van der Waals surface area contributed by atoms with E-state index in [1.807, 2.05) is 0 Å². The second-order valence-electron chi connectivity index (χ2n) is 1.89. The third-order valence-corrected chi connectivity index (χ3v) is 1.08. The molecule has 3 nitrogen and oxygen atoms in total. The highest BCUT2D eigenvalue weighted by Crippen LogP contribution is 1.96. The van der Waals surface area contributed by atoms with Crippen LogP contribution in [0.1, 0.15) is 25.7 Å². The maximum atomic E-state index is 9.78. The van der Waals surface area contributed by atoms with Crippen LogP contribution < -0.4 is 5.90 Å².